The summed E-state index contributed by atoms with van der Waals surface area (Å²) < 4.78 is 0. The number of carbonyl (C=O) groups is 2. The molecule has 0 aliphatic heterocycles. The minimum atomic E-state index is -0.521. The molecule has 0 aromatic carbocycles. The highest BCUT2D eigenvalue weighted by Crippen LogP contribution is 2.09. The van der Waals surface area contributed by atoms with E-state index in [9.17, 15) is 9.59 Å². The molecule has 76 valence electrons. The van der Waals surface area contributed by atoms with Crippen LogP contribution in [0.25, 0.3) is 0 Å². The van der Waals surface area contributed by atoms with E-state index in [1.54, 1.807) is 0 Å². The summed E-state index contributed by atoms with van der Waals surface area (Å²) in [7, 11) is 0. The second kappa shape index (κ2) is 5.56. The monoisotopic (exact) mass is 186 g/mol. The summed E-state index contributed by atoms with van der Waals surface area (Å²) in [5.41, 5.74) is 5.13. The van der Waals surface area contributed by atoms with E-state index < -0.39 is 11.9 Å². The highest BCUT2D eigenvalue weighted by atomic mass is 16.2. The summed E-state index contributed by atoms with van der Waals surface area (Å²) in [5, 5.41) is 2.53. The number of nitrogens with two attached hydrogens (primary N) is 1. The number of hydrogen-bond donors (Lipinski definition) is 2. The van der Waals surface area contributed by atoms with Crippen molar-refractivity contribution in [2.45, 2.75) is 39.7 Å². The zero-order valence-electron chi connectivity index (χ0n) is 8.46. The van der Waals surface area contributed by atoms with Crippen LogP contribution in [-0.4, -0.2) is 17.9 Å². The first kappa shape index (κ1) is 11.9. The summed E-state index contributed by atoms with van der Waals surface area (Å²) in [6.07, 6.45) is 1.59. The van der Waals surface area contributed by atoms with Gasteiger partial charge in [-0.2, -0.15) is 0 Å². The molecule has 2 amide bonds. The topological polar surface area (TPSA) is 72.2 Å². The van der Waals surface area contributed by atoms with E-state index in [4.69, 9.17) is 5.73 Å². The molecule has 0 aromatic rings. The molecule has 0 heterocycles. The van der Waals surface area contributed by atoms with Gasteiger partial charge in [-0.3, -0.25) is 9.59 Å². The quantitative estimate of drug-likeness (QED) is 0.652. The molecule has 0 fully saturated rings. The molecule has 13 heavy (non-hydrogen) atoms. The third-order valence-corrected chi connectivity index (χ3v) is 2.06. The highest BCUT2D eigenvalue weighted by Gasteiger charge is 2.18. The van der Waals surface area contributed by atoms with Crippen molar-refractivity contribution in [3.63, 3.8) is 0 Å². The Morgan fingerprint density at radius 2 is 2.00 bits per heavy atom. The SMILES string of the molecule is CCC(C)CC(NC(C)=O)C(N)=O. The van der Waals surface area contributed by atoms with Crippen molar-refractivity contribution in [3.8, 4) is 0 Å². The maximum Gasteiger partial charge on any atom is 0.240 e. The van der Waals surface area contributed by atoms with E-state index in [0.29, 0.717) is 12.3 Å². The molecule has 2 atom stereocenters. The lowest BCUT2D eigenvalue weighted by Crippen LogP contribution is -2.44. The maximum absolute atomic E-state index is 10.9. The zero-order chi connectivity index (χ0) is 10.4. The molecule has 0 radical (unpaired) electrons. The van der Waals surface area contributed by atoms with Crippen molar-refractivity contribution in [2.24, 2.45) is 11.7 Å². The molecular weight excluding hydrogens is 168 g/mol. The number of rotatable bonds is 5. The summed E-state index contributed by atoms with van der Waals surface area (Å²) in [6.45, 7) is 5.45. The van der Waals surface area contributed by atoms with Gasteiger partial charge < -0.3 is 11.1 Å². The van der Waals surface area contributed by atoms with Gasteiger partial charge in [0.05, 0.1) is 0 Å². The van der Waals surface area contributed by atoms with Crippen molar-refractivity contribution < 1.29 is 9.59 Å². The molecule has 0 aliphatic rings. The van der Waals surface area contributed by atoms with Crippen LogP contribution in [0.1, 0.15) is 33.6 Å². The Bertz CT molecular complexity index is 192. The fourth-order valence-corrected chi connectivity index (χ4v) is 1.06. The van der Waals surface area contributed by atoms with Crippen LogP contribution in [0.2, 0.25) is 0 Å². The van der Waals surface area contributed by atoms with E-state index in [0.717, 1.165) is 6.42 Å². The summed E-state index contributed by atoms with van der Waals surface area (Å²) in [6, 6.07) is -0.521. The van der Waals surface area contributed by atoms with Crippen molar-refractivity contribution in [1.29, 1.82) is 0 Å². The van der Waals surface area contributed by atoms with Crippen LogP contribution in [0.3, 0.4) is 0 Å². The fraction of sp³-hybridized carbons (Fsp3) is 0.778. The second-order valence-electron chi connectivity index (χ2n) is 3.40. The molecule has 0 spiro atoms. The van der Waals surface area contributed by atoms with Crippen molar-refractivity contribution >= 4 is 11.8 Å². The first-order chi connectivity index (χ1) is 5.97. The van der Waals surface area contributed by atoms with Crippen LogP contribution in [0.15, 0.2) is 0 Å². The van der Waals surface area contributed by atoms with E-state index in [2.05, 4.69) is 5.32 Å². The van der Waals surface area contributed by atoms with Crippen LogP contribution in [0.5, 0.6) is 0 Å². The van der Waals surface area contributed by atoms with Crippen molar-refractivity contribution in [2.75, 3.05) is 0 Å². The normalized spacial score (nSPS) is 14.7. The van der Waals surface area contributed by atoms with Gasteiger partial charge in [-0.05, 0) is 12.3 Å². The van der Waals surface area contributed by atoms with Crippen LogP contribution < -0.4 is 11.1 Å². The standard InChI is InChI=1S/C9H18N2O2/c1-4-6(2)5-8(9(10)13)11-7(3)12/h6,8H,4-5H2,1-3H3,(H2,10,13)(H,11,12). The molecule has 4 nitrogen and oxygen atoms in total. The van der Waals surface area contributed by atoms with E-state index >= 15 is 0 Å². The van der Waals surface area contributed by atoms with Crippen LogP contribution >= 0.6 is 0 Å². The van der Waals surface area contributed by atoms with Gasteiger partial charge >= 0.3 is 0 Å². The maximum atomic E-state index is 10.9. The Kier molecular flexibility index (Phi) is 5.11. The molecular formula is C9H18N2O2. The molecule has 0 bridgehead atoms. The Balaban J connectivity index is 4.10. The summed E-state index contributed by atoms with van der Waals surface area (Å²) in [4.78, 5) is 21.6. The minimum Gasteiger partial charge on any atom is -0.368 e. The number of amides is 2. The number of hydrogen-bond acceptors (Lipinski definition) is 2. The minimum absolute atomic E-state index is 0.216. The third kappa shape index (κ3) is 5.22. The van der Waals surface area contributed by atoms with Gasteiger partial charge in [-0.25, -0.2) is 0 Å². The van der Waals surface area contributed by atoms with Crippen LogP contribution in [-0.2, 0) is 9.59 Å². The smallest absolute Gasteiger partial charge is 0.240 e. The van der Waals surface area contributed by atoms with Gasteiger partial charge in [0.2, 0.25) is 11.8 Å². The first-order valence-corrected chi connectivity index (χ1v) is 4.53. The number of primary amides is 1. The number of nitrogens with one attached hydrogen (secondary N) is 1. The van der Waals surface area contributed by atoms with E-state index in [-0.39, 0.29) is 5.91 Å². The molecule has 3 N–H and O–H groups in total. The van der Waals surface area contributed by atoms with E-state index in [1.807, 2.05) is 13.8 Å². The fourth-order valence-electron chi connectivity index (χ4n) is 1.06. The summed E-state index contributed by atoms with van der Waals surface area (Å²) >= 11 is 0. The molecule has 2 unspecified atom stereocenters. The van der Waals surface area contributed by atoms with Gasteiger partial charge in [-0.15, -0.1) is 0 Å². The van der Waals surface area contributed by atoms with Gasteiger partial charge in [0.25, 0.3) is 0 Å². The van der Waals surface area contributed by atoms with Gasteiger partial charge in [0, 0.05) is 6.92 Å². The largest absolute Gasteiger partial charge is 0.368 e. The molecule has 0 aromatic heterocycles. The Hall–Kier alpha value is -1.06. The molecule has 0 rings (SSSR count). The zero-order valence-corrected chi connectivity index (χ0v) is 8.46. The Labute approximate surface area is 78.9 Å². The Morgan fingerprint density at radius 3 is 2.31 bits per heavy atom. The van der Waals surface area contributed by atoms with Crippen molar-refractivity contribution in [3.05, 3.63) is 0 Å². The lowest BCUT2D eigenvalue weighted by atomic mass is 9.99. The van der Waals surface area contributed by atoms with Crippen molar-refractivity contribution in [1.82, 2.24) is 5.32 Å². The van der Waals surface area contributed by atoms with Gasteiger partial charge in [0.15, 0.2) is 0 Å². The highest BCUT2D eigenvalue weighted by molar-refractivity contribution is 5.85. The first-order valence-electron chi connectivity index (χ1n) is 4.53. The van der Waals surface area contributed by atoms with Crippen LogP contribution in [0, 0.1) is 5.92 Å². The van der Waals surface area contributed by atoms with Gasteiger partial charge in [0.1, 0.15) is 6.04 Å². The average Bonchev–Trinajstić information content (AvgIpc) is 2.02. The Morgan fingerprint density at radius 1 is 1.46 bits per heavy atom. The second-order valence-corrected chi connectivity index (χ2v) is 3.40. The molecule has 0 saturated heterocycles. The average molecular weight is 186 g/mol. The number of carbonyl (C=O) groups excluding carboxylic acids is 2. The molecule has 4 heteroatoms. The molecule has 0 saturated carbocycles. The van der Waals surface area contributed by atoms with E-state index in [1.165, 1.54) is 6.92 Å². The predicted molar refractivity (Wildman–Crippen MR) is 50.9 cm³/mol. The third-order valence-electron chi connectivity index (χ3n) is 2.06. The summed E-state index contributed by atoms with van der Waals surface area (Å²) in [5.74, 6) is -0.285. The predicted octanol–water partition coefficient (Wildman–Crippen LogP) is 0.413. The van der Waals surface area contributed by atoms with Gasteiger partial charge in [-0.1, -0.05) is 20.3 Å². The van der Waals surface area contributed by atoms with Crippen LogP contribution in [0.4, 0.5) is 0 Å². The lowest BCUT2D eigenvalue weighted by molar-refractivity contribution is -0.126. The lowest BCUT2D eigenvalue weighted by Gasteiger charge is -2.17. The molecule has 0 aliphatic carbocycles.